The van der Waals surface area contributed by atoms with Gasteiger partial charge < -0.3 is 26.4 Å². The lowest BCUT2D eigenvalue weighted by Gasteiger charge is -2.22. The topological polar surface area (TPSA) is 105 Å². The molecule has 0 radical (unpaired) electrons. The van der Waals surface area contributed by atoms with Crippen LogP contribution in [0.2, 0.25) is 10.0 Å². The van der Waals surface area contributed by atoms with Crippen LogP contribution in [0.4, 0.5) is 4.79 Å². The minimum atomic E-state index is -0.578. The monoisotopic (exact) mass is 370 g/mol. The van der Waals surface area contributed by atoms with Crippen LogP contribution in [-0.4, -0.2) is 24.6 Å². The molecule has 1 aliphatic rings. The number of amides is 3. The number of hydrogen-bond acceptors (Lipinski definition) is 4. The molecule has 0 bridgehead atoms. The first-order valence-corrected chi connectivity index (χ1v) is 7.70. The minimum absolute atomic E-state index is 0.0635. The summed E-state index contributed by atoms with van der Waals surface area (Å²) in [5.74, 6) is -0.214. The molecule has 1 aromatic carbocycles. The van der Waals surface area contributed by atoms with Gasteiger partial charge in [0.1, 0.15) is 12.3 Å². The van der Waals surface area contributed by atoms with Crippen LogP contribution in [-0.2, 0) is 4.79 Å². The normalized spacial score (nSPS) is 15.5. The fraction of sp³-hybridized carbons (Fsp3) is 0.200. The zero-order valence-electron chi connectivity index (χ0n) is 12.8. The Morgan fingerprint density at radius 2 is 2.00 bits per heavy atom. The molecule has 0 fully saturated rings. The Morgan fingerprint density at radius 3 is 2.62 bits per heavy atom. The van der Waals surface area contributed by atoms with Crippen LogP contribution in [0.5, 0.6) is 5.75 Å². The Bertz CT molecular complexity index is 713. The second kappa shape index (κ2) is 7.46. The number of rotatable bonds is 5. The van der Waals surface area contributed by atoms with Crippen LogP contribution in [0, 0.1) is 0 Å². The van der Waals surface area contributed by atoms with Gasteiger partial charge in [0.2, 0.25) is 0 Å². The highest BCUT2D eigenvalue weighted by Gasteiger charge is 2.24. The van der Waals surface area contributed by atoms with E-state index in [4.69, 9.17) is 33.7 Å². The van der Waals surface area contributed by atoms with Crippen LogP contribution in [0.1, 0.15) is 6.92 Å². The summed E-state index contributed by atoms with van der Waals surface area (Å²) in [7, 11) is 0. The molecule has 3 amide bonds. The SMILES string of the molecule is C=C1NC(=O)NC(C(=O)N[C@H](C)COc2c(Cl)cccc2Cl)=C1N. The first-order chi connectivity index (χ1) is 11.3. The van der Waals surface area contributed by atoms with Crippen molar-refractivity contribution >= 4 is 35.1 Å². The van der Waals surface area contributed by atoms with Crippen molar-refractivity contribution in [2.75, 3.05) is 6.61 Å². The van der Waals surface area contributed by atoms with Crippen LogP contribution in [0.3, 0.4) is 0 Å². The third kappa shape index (κ3) is 4.12. The van der Waals surface area contributed by atoms with E-state index in [0.29, 0.717) is 15.8 Å². The molecule has 1 heterocycles. The van der Waals surface area contributed by atoms with Gasteiger partial charge in [-0.25, -0.2) is 4.79 Å². The summed E-state index contributed by atoms with van der Waals surface area (Å²) in [4.78, 5) is 23.6. The first-order valence-electron chi connectivity index (χ1n) is 6.94. The number of halogens is 2. The van der Waals surface area contributed by atoms with Crippen molar-refractivity contribution in [1.29, 1.82) is 0 Å². The molecule has 1 atom stereocenters. The van der Waals surface area contributed by atoms with Gasteiger partial charge in [0, 0.05) is 0 Å². The molecule has 9 heteroatoms. The molecule has 0 unspecified atom stereocenters. The van der Waals surface area contributed by atoms with Gasteiger partial charge in [-0.15, -0.1) is 0 Å². The van der Waals surface area contributed by atoms with Crippen molar-refractivity contribution < 1.29 is 14.3 Å². The van der Waals surface area contributed by atoms with E-state index in [1.165, 1.54) is 0 Å². The van der Waals surface area contributed by atoms with Crippen LogP contribution >= 0.6 is 23.2 Å². The van der Waals surface area contributed by atoms with E-state index in [2.05, 4.69) is 22.5 Å². The Morgan fingerprint density at radius 1 is 1.38 bits per heavy atom. The fourth-order valence-corrected chi connectivity index (χ4v) is 2.42. The van der Waals surface area contributed by atoms with Gasteiger partial charge in [0.05, 0.1) is 27.5 Å². The lowest BCUT2D eigenvalue weighted by Crippen LogP contribution is -2.49. The van der Waals surface area contributed by atoms with Crippen molar-refractivity contribution in [2.45, 2.75) is 13.0 Å². The predicted octanol–water partition coefficient (Wildman–Crippen LogP) is 1.87. The summed E-state index contributed by atoms with van der Waals surface area (Å²) in [6.07, 6.45) is 0. The molecule has 2 rings (SSSR count). The molecule has 1 aliphatic heterocycles. The standard InChI is InChI=1S/C15H16Cl2N4O3/c1-7(6-24-13-9(16)4-3-5-10(13)17)19-14(22)12-11(18)8(2)20-15(23)21-12/h3-5,7H,2,6,18H2,1H3,(H,19,22)(H2,20,21,23)/t7-/m1/s1. The number of hydrogen-bond donors (Lipinski definition) is 4. The number of carbonyl (C=O) groups is 2. The van der Waals surface area contributed by atoms with E-state index in [9.17, 15) is 9.59 Å². The summed E-state index contributed by atoms with van der Waals surface area (Å²) >= 11 is 12.0. The Labute approximate surface area is 148 Å². The Balaban J connectivity index is 1.98. The van der Waals surface area contributed by atoms with E-state index in [1.54, 1.807) is 25.1 Å². The molecule has 0 aromatic heterocycles. The molecular formula is C15H16Cl2N4O3. The minimum Gasteiger partial charge on any atom is -0.488 e. The van der Waals surface area contributed by atoms with E-state index >= 15 is 0 Å². The summed E-state index contributed by atoms with van der Waals surface area (Å²) in [6, 6.07) is 4.02. The molecule has 0 saturated carbocycles. The van der Waals surface area contributed by atoms with E-state index in [-0.39, 0.29) is 23.7 Å². The maximum atomic E-state index is 12.2. The largest absolute Gasteiger partial charge is 0.488 e. The number of urea groups is 1. The lowest BCUT2D eigenvalue weighted by molar-refractivity contribution is -0.118. The number of ether oxygens (including phenoxy) is 1. The molecule has 0 spiro atoms. The summed E-state index contributed by atoms with van der Waals surface area (Å²) < 4.78 is 5.54. The molecule has 128 valence electrons. The lowest BCUT2D eigenvalue weighted by atomic mass is 10.2. The van der Waals surface area contributed by atoms with Crippen LogP contribution in [0.25, 0.3) is 0 Å². The van der Waals surface area contributed by atoms with Crippen LogP contribution in [0.15, 0.2) is 41.9 Å². The molecule has 0 aliphatic carbocycles. The second-order valence-electron chi connectivity index (χ2n) is 5.08. The highest BCUT2D eigenvalue weighted by molar-refractivity contribution is 6.37. The highest BCUT2D eigenvalue weighted by Crippen LogP contribution is 2.32. The van der Waals surface area contributed by atoms with Gasteiger partial charge >= 0.3 is 6.03 Å². The van der Waals surface area contributed by atoms with E-state index in [0.717, 1.165) is 0 Å². The summed E-state index contributed by atoms with van der Waals surface area (Å²) in [5.41, 5.74) is 5.91. The second-order valence-corrected chi connectivity index (χ2v) is 5.90. The van der Waals surface area contributed by atoms with Crippen molar-refractivity contribution in [2.24, 2.45) is 5.73 Å². The van der Waals surface area contributed by atoms with Crippen molar-refractivity contribution in [1.82, 2.24) is 16.0 Å². The van der Waals surface area contributed by atoms with Gasteiger partial charge in [-0.2, -0.15) is 0 Å². The molecule has 7 nitrogen and oxygen atoms in total. The number of nitrogens with one attached hydrogen (secondary N) is 3. The van der Waals surface area contributed by atoms with E-state index in [1.807, 2.05) is 0 Å². The Kier molecular flexibility index (Phi) is 5.58. The number of para-hydroxylation sites is 1. The van der Waals surface area contributed by atoms with Crippen LogP contribution < -0.4 is 26.4 Å². The molecule has 5 N–H and O–H groups in total. The quantitative estimate of drug-likeness (QED) is 0.634. The van der Waals surface area contributed by atoms with Crippen molar-refractivity contribution in [3.8, 4) is 5.75 Å². The fourth-order valence-electron chi connectivity index (χ4n) is 1.91. The van der Waals surface area contributed by atoms with Gasteiger partial charge in [0.15, 0.2) is 5.75 Å². The summed E-state index contributed by atoms with van der Waals surface area (Å²) in [6.45, 7) is 5.40. The molecule has 24 heavy (non-hydrogen) atoms. The van der Waals surface area contributed by atoms with Gasteiger partial charge in [-0.05, 0) is 19.1 Å². The zero-order chi connectivity index (χ0) is 17.9. The smallest absolute Gasteiger partial charge is 0.323 e. The van der Waals surface area contributed by atoms with Gasteiger partial charge in [-0.1, -0.05) is 35.8 Å². The van der Waals surface area contributed by atoms with Gasteiger partial charge in [0.25, 0.3) is 5.91 Å². The molecule has 0 saturated heterocycles. The average Bonchev–Trinajstić information content (AvgIpc) is 2.50. The Hall–Kier alpha value is -2.38. The van der Waals surface area contributed by atoms with Gasteiger partial charge in [-0.3, -0.25) is 4.79 Å². The maximum Gasteiger partial charge on any atom is 0.323 e. The molecular weight excluding hydrogens is 355 g/mol. The molecule has 1 aromatic rings. The number of nitrogens with two attached hydrogens (primary N) is 1. The third-order valence-electron chi connectivity index (χ3n) is 3.10. The highest BCUT2D eigenvalue weighted by atomic mass is 35.5. The first kappa shape index (κ1) is 18.0. The predicted molar refractivity (Wildman–Crippen MR) is 91.6 cm³/mol. The third-order valence-corrected chi connectivity index (χ3v) is 3.69. The van der Waals surface area contributed by atoms with E-state index < -0.39 is 18.0 Å². The zero-order valence-corrected chi connectivity index (χ0v) is 14.3. The number of carbonyl (C=O) groups excluding carboxylic acids is 2. The average molecular weight is 371 g/mol. The van der Waals surface area contributed by atoms with Crippen molar-refractivity contribution in [3.63, 3.8) is 0 Å². The summed E-state index contributed by atoms with van der Waals surface area (Å²) in [5, 5.41) is 8.11. The number of benzene rings is 1. The maximum absolute atomic E-state index is 12.2. The van der Waals surface area contributed by atoms with Crippen molar-refractivity contribution in [3.05, 3.63) is 51.9 Å².